The Kier molecular flexibility index (Phi) is 3.69. The summed E-state index contributed by atoms with van der Waals surface area (Å²) in [5.74, 6) is -0.571. The summed E-state index contributed by atoms with van der Waals surface area (Å²) in [6.45, 7) is 2.54. The molecular weight excluding hydrogens is 176 g/mol. The number of carbonyl (C=O) groups is 1. The van der Waals surface area contributed by atoms with Gasteiger partial charge in [0.2, 0.25) is 0 Å². The van der Waals surface area contributed by atoms with E-state index in [-0.39, 0.29) is 0 Å². The lowest BCUT2D eigenvalue weighted by Gasteiger charge is -2.04. The topological polar surface area (TPSA) is 52.9 Å². The fourth-order valence-electron chi connectivity index (χ4n) is 1.24. The van der Waals surface area contributed by atoms with E-state index in [1.807, 2.05) is 31.2 Å². The van der Waals surface area contributed by atoms with Gasteiger partial charge in [0.15, 0.2) is 6.07 Å². The molecule has 1 aromatic carbocycles. The van der Waals surface area contributed by atoms with Crippen LogP contribution < -0.4 is 5.32 Å². The summed E-state index contributed by atoms with van der Waals surface area (Å²) in [6.07, 6.45) is 0.764. The van der Waals surface area contributed by atoms with E-state index in [0.717, 1.165) is 6.42 Å². The second-order valence-corrected chi connectivity index (χ2v) is 3.04. The number of hydrogen-bond donors (Lipinski definition) is 1. The molecule has 1 aromatic rings. The van der Waals surface area contributed by atoms with Crippen molar-refractivity contribution in [1.29, 1.82) is 5.26 Å². The van der Waals surface area contributed by atoms with Crippen LogP contribution in [-0.4, -0.2) is 12.5 Å². The van der Waals surface area contributed by atoms with Crippen LogP contribution in [0, 0.1) is 18.3 Å². The number of nitriles is 1. The van der Waals surface area contributed by atoms with Crippen LogP contribution in [0.15, 0.2) is 24.3 Å². The highest BCUT2D eigenvalue weighted by Gasteiger charge is 1.99. The van der Waals surface area contributed by atoms with E-state index in [9.17, 15) is 4.79 Å². The molecule has 0 bridgehead atoms. The molecule has 0 heterocycles. The lowest BCUT2D eigenvalue weighted by Crippen LogP contribution is -2.23. The summed E-state index contributed by atoms with van der Waals surface area (Å²) >= 11 is 0. The summed E-state index contributed by atoms with van der Waals surface area (Å²) in [6, 6.07) is 9.51. The highest BCUT2D eigenvalue weighted by Crippen LogP contribution is 2.06. The molecule has 0 radical (unpaired) electrons. The number of aryl methyl sites for hydroxylation is 1. The highest BCUT2D eigenvalue weighted by atomic mass is 16.1. The third-order valence-corrected chi connectivity index (χ3v) is 2.04. The molecule has 0 aliphatic rings. The minimum Gasteiger partial charge on any atom is -0.343 e. The van der Waals surface area contributed by atoms with E-state index in [0.29, 0.717) is 6.54 Å². The molecule has 0 saturated heterocycles. The molecule has 0 aliphatic heterocycles. The summed E-state index contributed by atoms with van der Waals surface area (Å²) in [7, 11) is 0. The molecule has 14 heavy (non-hydrogen) atoms. The molecule has 0 atom stereocenters. The summed E-state index contributed by atoms with van der Waals surface area (Å²) < 4.78 is 0. The first-order chi connectivity index (χ1) is 6.74. The van der Waals surface area contributed by atoms with Crippen molar-refractivity contribution in [3.05, 3.63) is 35.4 Å². The Labute approximate surface area is 83.4 Å². The molecule has 0 spiro atoms. The molecule has 3 heteroatoms. The zero-order valence-electron chi connectivity index (χ0n) is 8.08. The third kappa shape index (κ3) is 2.91. The number of rotatable bonds is 3. The van der Waals surface area contributed by atoms with Crippen LogP contribution in [0.3, 0.4) is 0 Å². The van der Waals surface area contributed by atoms with Gasteiger partial charge in [-0.05, 0) is 24.5 Å². The van der Waals surface area contributed by atoms with Crippen LogP contribution in [0.1, 0.15) is 11.1 Å². The van der Waals surface area contributed by atoms with Crippen LogP contribution in [0.4, 0.5) is 0 Å². The van der Waals surface area contributed by atoms with Gasteiger partial charge in [0.1, 0.15) is 0 Å². The Morgan fingerprint density at radius 2 is 2.21 bits per heavy atom. The van der Waals surface area contributed by atoms with Crippen molar-refractivity contribution in [2.45, 2.75) is 13.3 Å². The zero-order valence-corrected chi connectivity index (χ0v) is 8.08. The highest BCUT2D eigenvalue weighted by molar-refractivity contribution is 5.91. The van der Waals surface area contributed by atoms with Gasteiger partial charge in [-0.15, -0.1) is 0 Å². The van der Waals surface area contributed by atoms with Crippen molar-refractivity contribution in [1.82, 2.24) is 5.32 Å². The van der Waals surface area contributed by atoms with Gasteiger partial charge in [-0.2, -0.15) is 5.26 Å². The Morgan fingerprint density at radius 3 is 2.86 bits per heavy atom. The molecule has 0 saturated carbocycles. The minimum absolute atomic E-state index is 0.511. The fourth-order valence-corrected chi connectivity index (χ4v) is 1.24. The number of hydrogen-bond acceptors (Lipinski definition) is 2. The monoisotopic (exact) mass is 188 g/mol. The molecule has 1 N–H and O–H groups in total. The quantitative estimate of drug-likeness (QED) is 0.724. The maximum Gasteiger partial charge on any atom is 0.322 e. The van der Waals surface area contributed by atoms with Gasteiger partial charge in [0.25, 0.3) is 0 Å². The van der Waals surface area contributed by atoms with Crippen LogP contribution >= 0.6 is 0 Å². The molecule has 1 amide bonds. The van der Waals surface area contributed by atoms with E-state index in [1.165, 1.54) is 17.2 Å². The van der Waals surface area contributed by atoms with E-state index < -0.39 is 5.91 Å². The van der Waals surface area contributed by atoms with Gasteiger partial charge in [-0.25, -0.2) is 0 Å². The first-order valence-electron chi connectivity index (χ1n) is 4.46. The predicted octanol–water partition coefficient (Wildman–Crippen LogP) is 1.18. The molecule has 0 aliphatic carbocycles. The van der Waals surface area contributed by atoms with Gasteiger partial charge in [-0.1, -0.05) is 24.3 Å². The van der Waals surface area contributed by atoms with Gasteiger partial charge in [-0.3, -0.25) is 4.79 Å². The van der Waals surface area contributed by atoms with Gasteiger partial charge < -0.3 is 5.32 Å². The van der Waals surface area contributed by atoms with Crippen molar-refractivity contribution < 1.29 is 4.79 Å². The number of benzene rings is 1. The average Bonchev–Trinajstić information content (AvgIpc) is 2.20. The standard InChI is InChI=1S/C11H12N2O/c1-9-4-2-3-5-10(9)6-7-13-11(14)8-12/h2-5H,6-7H2,1H3,(H,13,14). The Morgan fingerprint density at radius 1 is 1.50 bits per heavy atom. The second-order valence-electron chi connectivity index (χ2n) is 3.04. The summed E-state index contributed by atoms with van der Waals surface area (Å²) in [5.41, 5.74) is 2.41. The van der Waals surface area contributed by atoms with Crippen molar-refractivity contribution in [2.24, 2.45) is 0 Å². The zero-order chi connectivity index (χ0) is 10.4. The van der Waals surface area contributed by atoms with Gasteiger partial charge >= 0.3 is 5.91 Å². The predicted molar refractivity (Wildman–Crippen MR) is 53.5 cm³/mol. The van der Waals surface area contributed by atoms with Gasteiger partial charge in [0.05, 0.1) is 0 Å². The van der Waals surface area contributed by atoms with Crippen LogP contribution in [0.25, 0.3) is 0 Å². The van der Waals surface area contributed by atoms with Crippen molar-refractivity contribution in [2.75, 3.05) is 6.54 Å². The minimum atomic E-state index is -0.571. The second kappa shape index (κ2) is 5.03. The number of amides is 1. The summed E-state index contributed by atoms with van der Waals surface area (Å²) in [5, 5.41) is 10.7. The number of carbonyl (C=O) groups excluding carboxylic acids is 1. The SMILES string of the molecule is Cc1ccccc1CCNC(=O)C#N. The van der Waals surface area contributed by atoms with Crippen LogP contribution in [0.5, 0.6) is 0 Å². The van der Waals surface area contributed by atoms with E-state index in [1.54, 1.807) is 0 Å². The molecule has 0 aromatic heterocycles. The molecule has 72 valence electrons. The Hall–Kier alpha value is -1.82. The maximum absolute atomic E-state index is 10.6. The van der Waals surface area contributed by atoms with Crippen molar-refractivity contribution in [3.63, 3.8) is 0 Å². The summed E-state index contributed by atoms with van der Waals surface area (Å²) in [4.78, 5) is 10.6. The molecular formula is C11H12N2O. The smallest absolute Gasteiger partial charge is 0.322 e. The first-order valence-corrected chi connectivity index (χ1v) is 4.46. The van der Waals surface area contributed by atoms with Crippen molar-refractivity contribution >= 4 is 5.91 Å². The average molecular weight is 188 g/mol. The Bertz CT molecular complexity index is 366. The lowest BCUT2D eigenvalue weighted by atomic mass is 10.1. The van der Waals surface area contributed by atoms with E-state index in [2.05, 4.69) is 5.32 Å². The molecule has 1 rings (SSSR count). The van der Waals surface area contributed by atoms with Crippen LogP contribution in [-0.2, 0) is 11.2 Å². The molecule has 3 nitrogen and oxygen atoms in total. The fraction of sp³-hybridized carbons (Fsp3) is 0.273. The molecule has 0 unspecified atom stereocenters. The van der Waals surface area contributed by atoms with E-state index in [4.69, 9.17) is 5.26 Å². The lowest BCUT2D eigenvalue weighted by molar-refractivity contribution is -0.115. The number of nitrogens with one attached hydrogen (secondary N) is 1. The normalized spacial score (nSPS) is 9.14. The van der Waals surface area contributed by atoms with Gasteiger partial charge in [0, 0.05) is 6.54 Å². The third-order valence-electron chi connectivity index (χ3n) is 2.04. The van der Waals surface area contributed by atoms with E-state index >= 15 is 0 Å². The maximum atomic E-state index is 10.6. The largest absolute Gasteiger partial charge is 0.343 e. The molecule has 0 fully saturated rings. The first kappa shape index (κ1) is 10.3. The number of nitrogens with zero attached hydrogens (tertiary/aromatic N) is 1. The van der Waals surface area contributed by atoms with Crippen molar-refractivity contribution in [3.8, 4) is 6.07 Å². The van der Waals surface area contributed by atoms with Crippen LogP contribution in [0.2, 0.25) is 0 Å². The Balaban J connectivity index is 2.43.